The second-order valence-electron chi connectivity index (χ2n) is 7.88. The minimum Gasteiger partial charge on any atom is -0.504 e. The SMILES string of the molecule is CCOc1c(Nc2ccc(Cl)c(S(=O)(=O)N3CCC4(CCNC4=O)CC3)c2O)c(=O)c1=O. The number of amides is 1. The van der Waals surface area contributed by atoms with E-state index in [0.717, 1.165) is 0 Å². The first-order valence-electron chi connectivity index (χ1n) is 10.2. The highest BCUT2D eigenvalue weighted by atomic mass is 35.5. The van der Waals surface area contributed by atoms with Crippen LogP contribution in [-0.4, -0.2) is 50.0 Å². The number of ether oxygens (including phenoxy) is 1. The Labute approximate surface area is 188 Å². The fourth-order valence-corrected chi connectivity index (χ4v) is 6.31. The lowest BCUT2D eigenvalue weighted by atomic mass is 9.78. The van der Waals surface area contributed by atoms with E-state index in [0.29, 0.717) is 25.8 Å². The van der Waals surface area contributed by atoms with Crippen molar-refractivity contribution < 1.29 is 23.1 Å². The first-order chi connectivity index (χ1) is 15.1. The molecule has 2 aliphatic rings. The normalized spacial score (nSPS) is 18.8. The Morgan fingerprint density at radius 1 is 1.19 bits per heavy atom. The van der Waals surface area contributed by atoms with Crippen LogP contribution in [0.5, 0.6) is 11.5 Å². The maximum absolute atomic E-state index is 13.3. The molecule has 0 bridgehead atoms. The lowest BCUT2D eigenvalue weighted by Gasteiger charge is -2.36. The molecular formula is C20H22ClN3O7S. The summed E-state index contributed by atoms with van der Waals surface area (Å²) >= 11 is 6.15. The van der Waals surface area contributed by atoms with Gasteiger partial charge in [0.1, 0.15) is 10.6 Å². The molecule has 10 nitrogen and oxygen atoms in total. The summed E-state index contributed by atoms with van der Waals surface area (Å²) < 4.78 is 33.0. The van der Waals surface area contributed by atoms with Gasteiger partial charge in [0.15, 0.2) is 11.5 Å². The third kappa shape index (κ3) is 3.44. The van der Waals surface area contributed by atoms with Gasteiger partial charge in [-0.15, -0.1) is 0 Å². The highest BCUT2D eigenvalue weighted by molar-refractivity contribution is 7.89. The molecule has 32 heavy (non-hydrogen) atoms. The molecule has 2 heterocycles. The number of carbonyl (C=O) groups excluding carboxylic acids is 1. The van der Waals surface area contributed by atoms with Crippen molar-refractivity contribution in [3.63, 3.8) is 0 Å². The van der Waals surface area contributed by atoms with Crippen molar-refractivity contribution in [2.75, 3.05) is 31.6 Å². The molecular weight excluding hydrogens is 462 g/mol. The Hall–Kier alpha value is -2.63. The fourth-order valence-electron chi connectivity index (χ4n) is 4.27. The van der Waals surface area contributed by atoms with E-state index >= 15 is 0 Å². The summed E-state index contributed by atoms with van der Waals surface area (Å²) in [7, 11) is -4.20. The molecule has 12 heteroatoms. The van der Waals surface area contributed by atoms with Crippen LogP contribution in [0.4, 0.5) is 11.4 Å². The second kappa shape index (κ2) is 8.05. The van der Waals surface area contributed by atoms with E-state index in [2.05, 4.69) is 10.6 Å². The number of nitrogens with one attached hydrogen (secondary N) is 2. The van der Waals surface area contributed by atoms with Crippen molar-refractivity contribution >= 4 is 38.9 Å². The third-order valence-electron chi connectivity index (χ3n) is 6.15. The lowest BCUT2D eigenvalue weighted by Crippen LogP contribution is -2.46. The number of aromatic hydroxyl groups is 1. The molecule has 1 amide bonds. The van der Waals surface area contributed by atoms with Gasteiger partial charge in [-0.3, -0.25) is 14.4 Å². The van der Waals surface area contributed by atoms with Gasteiger partial charge >= 0.3 is 0 Å². The number of sulfonamides is 1. The van der Waals surface area contributed by atoms with E-state index in [1.54, 1.807) is 6.92 Å². The van der Waals surface area contributed by atoms with Gasteiger partial charge in [0, 0.05) is 19.6 Å². The van der Waals surface area contributed by atoms with Crippen molar-refractivity contribution in [3.8, 4) is 11.5 Å². The summed E-state index contributed by atoms with van der Waals surface area (Å²) in [4.78, 5) is 35.2. The monoisotopic (exact) mass is 483 g/mol. The minimum absolute atomic E-state index is 0.0558. The van der Waals surface area contributed by atoms with Crippen LogP contribution in [-0.2, 0) is 14.8 Å². The van der Waals surface area contributed by atoms with E-state index in [1.165, 1.54) is 16.4 Å². The smallest absolute Gasteiger partial charge is 0.272 e. The molecule has 172 valence electrons. The Bertz CT molecular complexity index is 1260. The molecule has 0 aromatic heterocycles. The number of hydrogen-bond donors (Lipinski definition) is 3. The molecule has 0 atom stereocenters. The van der Waals surface area contributed by atoms with Gasteiger partial charge in [-0.05, 0) is 38.3 Å². The summed E-state index contributed by atoms with van der Waals surface area (Å²) in [6.07, 6.45) is 1.40. The van der Waals surface area contributed by atoms with E-state index in [9.17, 15) is 27.9 Å². The largest absolute Gasteiger partial charge is 0.504 e. The van der Waals surface area contributed by atoms with Crippen LogP contribution in [0.25, 0.3) is 0 Å². The summed E-state index contributed by atoms with van der Waals surface area (Å²) in [6, 6.07) is 2.58. The maximum atomic E-state index is 13.3. The molecule has 1 spiro atoms. The Morgan fingerprint density at radius 3 is 2.47 bits per heavy atom. The summed E-state index contributed by atoms with van der Waals surface area (Å²) in [5.41, 5.74) is -2.45. The van der Waals surface area contributed by atoms with Crippen LogP contribution in [0.15, 0.2) is 26.6 Å². The van der Waals surface area contributed by atoms with E-state index in [4.69, 9.17) is 16.3 Å². The van der Waals surface area contributed by atoms with Crippen LogP contribution in [0.1, 0.15) is 26.2 Å². The van der Waals surface area contributed by atoms with Gasteiger partial charge in [-0.1, -0.05) is 11.6 Å². The minimum atomic E-state index is -4.20. The quantitative estimate of drug-likeness (QED) is 0.409. The molecule has 2 fully saturated rings. The predicted octanol–water partition coefficient (Wildman–Crippen LogP) is 1.07. The molecule has 3 N–H and O–H groups in total. The van der Waals surface area contributed by atoms with Gasteiger partial charge in [0.2, 0.25) is 15.9 Å². The second-order valence-corrected chi connectivity index (χ2v) is 10.2. The van der Waals surface area contributed by atoms with Gasteiger partial charge in [0.25, 0.3) is 10.9 Å². The summed E-state index contributed by atoms with van der Waals surface area (Å²) in [6.45, 7) is 2.58. The zero-order valence-electron chi connectivity index (χ0n) is 17.2. The number of phenolic OH excluding ortho intramolecular Hbond substituents is 1. The number of halogens is 1. The van der Waals surface area contributed by atoms with Crippen molar-refractivity contribution in [3.05, 3.63) is 37.6 Å². The zero-order chi connectivity index (χ0) is 23.3. The topological polar surface area (TPSA) is 142 Å². The summed E-state index contributed by atoms with van der Waals surface area (Å²) in [5, 5.41) is 15.9. The lowest BCUT2D eigenvalue weighted by molar-refractivity contribution is -0.129. The number of benzene rings is 1. The van der Waals surface area contributed by atoms with Gasteiger partial charge < -0.3 is 20.5 Å². The van der Waals surface area contributed by atoms with Crippen LogP contribution >= 0.6 is 11.6 Å². The molecule has 2 aromatic rings. The number of hydrogen-bond acceptors (Lipinski definition) is 8. The van der Waals surface area contributed by atoms with Gasteiger partial charge in [0.05, 0.1) is 22.7 Å². The average molecular weight is 484 g/mol. The molecule has 0 radical (unpaired) electrons. The molecule has 0 aliphatic carbocycles. The van der Waals surface area contributed by atoms with E-state index in [1.807, 2.05) is 0 Å². The van der Waals surface area contributed by atoms with Gasteiger partial charge in [-0.25, -0.2) is 8.42 Å². The molecule has 0 unspecified atom stereocenters. The van der Waals surface area contributed by atoms with E-state index < -0.39 is 36.9 Å². The van der Waals surface area contributed by atoms with Gasteiger partial charge in [-0.2, -0.15) is 4.31 Å². The first kappa shape index (κ1) is 22.6. The van der Waals surface area contributed by atoms with Crippen LogP contribution in [0.2, 0.25) is 5.02 Å². The summed E-state index contributed by atoms with van der Waals surface area (Å²) in [5.74, 6) is -0.904. The Kier molecular flexibility index (Phi) is 5.68. The average Bonchev–Trinajstić information content (AvgIpc) is 3.11. The molecule has 0 saturated carbocycles. The number of carbonyl (C=O) groups is 1. The zero-order valence-corrected chi connectivity index (χ0v) is 18.8. The van der Waals surface area contributed by atoms with Crippen LogP contribution < -0.4 is 26.2 Å². The first-order valence-corrected chi connectivity index (χ1v) is 12.0. The van der Waals surface area contributed by atoms with Crippen molar-refractivity contribution in [1.29, 1.82) is 0 Å². The van der Waals surface area contributed by atoms with Crippen molar-refractivity contribution in [2.24, 2.45) is 5.41 Å². The van der Waals surface area contributed by atoms with E-state index in [-0.39, 0.29) is 47.8 Å². The fraction of sp³-hybridized carbons (Fsp3) is 0.450. The van der Waals surface area contributed by atoms with Crippen molar-refractivity contribution in [2.45, 2.75) is 31.1 Å². The highest BCUT2D eigenvalue weighted by Crippen LogP contribution is 2.43. The molecule has 2 saturated heterocycles. The molecule has 2 aromatic carbocycles. The van der Waals surface area contributed by atoms with Crippen LogP contribution in [0, 0.1) is 5.41 Å². The van der Waals surface area contributed by atoms with Crippen LogP contribution in [0.3, 0.4) is 0 Å². The number of anilines is 2. The molecule has 4 rings (SSSR count). The highest BCUT2D eigenvalue weighted by Gasteiger charge is 2.47. The number of phenols is 1. The number of rotatable bonds is 6. The third-order valence-corrected chi connectivity index (χ3v) is 8.55. The van der Waals surface area contributed by atoms with Crippen molar-refractivity contribution in [1.82, 2.24) is 9.62 Å². The standard InChI is InChI=1S/C20H22ClN3O7S/c1-2-31-17-13(15(26)16(17)27)23-12-4-3-11(21)18(14(12)25)32(29,30)24-9-6-20(7-10-24)5-8-22-19(20)28/h3-4,23,25H,2,5-10H2,1H3,(H,22,28). The Balaban J connectivity index is 1.63. The molecule has 2 aliphatic heterocycles. The number of nitrogens with zero attached hydrogens (tertiary/aromatic N) is 1. The number of piperidine rings is 1. The Morgan fingerprint density at radius 2 is 1.88 bits per heavy atom. The predicted molar refractivity (Wildman–Crippen MR) is 117 cm³/mol. The maximum Gasteiger partial charge on any atom is 0.272 e.